The molecule has 1 aromatic rings. The Bertz CT molecular complexity index is 631. The fourth-order valence-electron chi connectivity index (χ4n) is 3.03. The highest BCUT2D eigenvalue weighted by molar-refractivity contribution is 5.93. The van der Waals surface area contributed by atoms with Crippen molar-refractivity contribution in [3.63, 3.8) is 0 Å². The standard InChI is InChI=1S/C17H23N3O4/c1-11-8-20(9-12(2)24-11)10-17(21)19-14-6-16(23-4)15(22-3)5-13(14)7-18/h5-6,11-12H,8-10H2,1-4H3,(H,19,21)/p+1/t11-,12+. The van der Waals surface area contributed by atoms with Crippen LogP contribution in [0.3, 0.4) is 0 Å². The number of nitrogens with one attached hydrogen (secondary N) is 2. The number of hydrogen-bond donors (Lipinski definition) is 2. The smallest absolute Gasteiger partial charge is 0.279 e. The molecule has 7 heteroatoms. The van der Waals surface area contributed by atoms with Gasteiger partial charge >= 0.3 is 0 Å². The quantitative estimate of drug-likeness (QED) is 0.804. The number of nitrogens with zero attached hydrogens (tertiary/aromatic N) is 1. The predicted octanol–water partition coefficient (Wildman–Crippen LogP) is 0.206. The minimum absolute atomic E-state index is 0.132. The number of morpholine rings is 1. The Balaban J connectivity index is 2.09. The summed E-state index contributed by atoms with van der Waals surface area (Å²) in [7, 11) is 3.01. The second-order valence-electron chi connectivity index (χ2n) is 6.01. The van der Waals surface area contributed by atoms with E-state index in [9.17, 15) is 10.1 Å². The highest BCUT2D eigenvalue weighted by Crippen LogP contribution is 2.32. The molecule has 1 aliphatic heterocycles. The molecule has 2 N–H and O–H groups in total. The number of amides is 1. The van der Waals surface area contributed by atoms with Gasteiger partial charge in [0.15, 0.2) is 18.0 Å². The molecular formula is C17H24N3O4+. The molecule has 1 amide bonds. The van der Waals surface area contributed by atoms with Crippen LogP contribution in [0, 0.1) is 11.3 Å². The molecule has 1 aromatic carbocycles. The van der Waals surface area contributed by atoms with Gasteiger partial charge in [-0.25, -0.2) is 0 Å². The van der Waals surface area contributed by atoms with Gasteiger partial charge in [0.05, 0.1) is 25.5 Å². The third-order valence-electron chi connectivity index (χ3n) is 3.95. The van der Waals surface area contributed by atoms with Crippen molar-refractivity contribution >= 4 is 11.6 Å². The first kappa shape index (κ1) is 18.0. The molecule has 1 fully saturated rings. The zero-order valence-electron chi connectivity index (χ0n) is 14.5. The molecule has 2 rings (SSSR count). The lowest BCUT2D eigenvalue weighted by molar-refractivity contribution is -0.907. The van der Waals surface area contributed by atoms with Crippen LogP contribution in [-0.2, 0) is 9.53 Å². The average Bonchev–Trinajstić information content (AvgIpc) is 2.53. The average molecular weight is 334 g/mol. The number of methoxy groups -OCH3 is 2. The van der Waals surface area contributed by atoms with Crippen molar-refractivity contribution in [1.29, 1.82) is 5.26 Å². The Morgan fingerprint density at radius 1 is 1.29 bits per heavy atom. The van der Waals surface area contributed by atoms with Crippen molar-refractivity contribution in [2.45, 2.75) is 26.1 Å². The number of nitriles is 1. The second-order valence-corrected chi connectivity index (χ2v) is 6.01. The molecule has 1 heterocycles. The van der Waals surface area contributed by atoms with E-state index in [1.807, 2.05) is 13.8 Å². The van der Waals surface area contributed by atoms with E-state index in [1.165, 1.54) is 14.2 Å². The minimum Gasteiger partial charge on any atom is -0.493 e. The van der Waals surface area contributed by atoms with Crippen molar-refractivity contribution in [2.75, 3.05) is 39.2 Å². The van der Waals surface area contributed by atoms with Gasteiger partial charge < -0.3 is 24.4 Å². The van der Waals surface area contributed by atoms with Gasteiger partial charge in [-0.15, -0.1) is 0 Å². The highest BCUT2D eigenvalue weighted by atomic mass is 16.5. The third-order valence-corrected chi connectivity index (χ3v) is 3.95. The second kappa shape index (κ2) is 7.99. The highest BCUT2D eigenvalue weighted by Gasteiger charge is 2.27. The van der Waals surface area contributed by atoms with Crippen molar-refractivity contribution in [2.24, 2.45) is 0 Å². The molecule has 24 heavy (non-hydrogen) atoms. The van der Waals surface area contributed by atoms with Gasteiger partial charge in [-0.3, -0.25) is 4.79 Å². The van der Waals surface area contributed by atoms with E-state index < -0.39 is 0 Å². The normalized spacial score (nSPS) is 23.2. The molecular weight excluding hydrogens is 310 g/mol. The fraction of sp³-hybridized carbons (Fsp3) is 0.529. The van der Waals surface area contributed by atoms with Gasteiger partial charge in [0.2, 0.25) is 0 Å². The first-order chi connectivity index (χ1) is 11.5. The van der Waals surface area contributed by atoms with Crippen LogP contribution in [-0.4, -0.2) is 52.0 Å². The largest absolute Gasteiger partial charge is 0.493 e. The predicted molar refractivity (Wildman–Crippen MR) is 88.5 cm³/mol. The van der Waals surface area contributed by atoms with Crippen LogP contribution in [0.1, 0.15) is 19.4 Å². The van der Waals surface area contributed by atoms with Gasteiger partial charge in [0.1, 0.15) is 31.4 Å². The maximum absolute atomic E-state index is 12.4. The van der Waals surface area contributed by atoms with Crippen LogP contribution in [0.2, 0.25) is 0 Å². The molecule has 0 aliphatic carbocycles. The van der Waals surface area contributed by atoms with E-state index in [4.69, 9.17) is 14.2 Å². The van der Waals surface area contributed by atoms with Crippen LogP contribution < -0.4 is 19.7 Å². The summed E-state index contributed by atoms with van der Waals surface area (Å²) in [6.45, 7) is 5.92. The van der Waals surface area contributed by atoms with Crippen LogP contribution in [0.5, 0.6) is 11.5 Å². The van der Waals surface area contributed by atoms with Crippen molar-refractivity contribution < 1.29 is 23.9 Å². The summed E-state index contributed by atoms with van der Waals surface area (Å²) in [4.78, 5) is 13.5. The van der Waals surface area contributed by atoms with Crippen molar-refractivity contribution in [3.8, 4) is 17.6 Å². The van der Waals surface area contributed by atoms with Crippen molar-refractivity contribution in [3.05, 3.63) is 17.7 Å². The molecule has 0 spiro atoms. The van der Waals surface area contributed by atoms with Crippen LogP contribution in [0.4, 0.5) is 5.69 Å². The van der Waals surface area contributed by atoms with E-state index in [0.717, 1.165) is 18.0 Å². The summed E-state index contributed by atoms with van der Waals surface area (Å²) >= 11 is 0. The lowest BCUT2D eigenvalue weighted by atomic mass is 10.1. The number of carbonyl (C=O) groups excluding carboxylic acids is 1. The van der Waals surface area contributed by atoms with Gasteiger partial charge in [0, 0.05) is 12.1 Å². The molecule has 0 radical (unpaired) electrons. The molecule has 0 saturated carbocycles. The van der Waals surface area contributed by atoms with E-state index in [2.05, 4.69) is 11.4 Å². The number of ether oxygens (including phenoxy) is 3. The molecule has 3 atom stereocenters. The molecule has 1 unspecified atom stereocenters. The lowest BCUT2D eigenvalue weighted by Gasteiger charge is -2.31. The van der Waals surface area contributed by atoms with E-state index in [1.54, 1.807) is 12.1 Å². The molecule has 0 bridgehead atoms. The number of rotatable bonds is 5. The minimum atomic E-state index is -0.144. The zero-order chi connectivity index (χ0) is 17.7. The van der Waals surface area contributed by atoms with Gasteiger partial charge in [-0.2, -0.15) is 5.26 Å². The summed E-state index contributed by atoms with van der Waals surface area (Å²) in [5.74, 6) is 0.774. The molecule has 1 saturated heterocycles. The number of quaternary nitrogens is 1. The summed E-state index contributed by atoms with van der Waals surface area (Å²) in [5.41, 5.74) is 0.758. The van der Waals surface area contributed by atoms with Crippen LogP contribution in [0.25, 0.3) is 0 Å². The topological polar surface area (TPSA) is 85.0 Å². The zero-order valence-corrected chi connectivity index (χ0v) is 14.5. The maximum Gasteiger partial charge on any atom is 0.279 e. The number of benzene rings is 1. The Hall–Kier alpha value is -2.30. The lowest BCUT2D eigenvalue weighted by Crippen LogP contribution is -3.16. The molecule has 1 aliphatic rings. The van der Waals surface area contributed by atoms with Crippen molar-refractivity contribution in [1.82, 2.24) is 0 Å². The number of hydrogen-bond acceptors (Lipinski definition) is 5. The summed E-state index contributed by atoms with van der Waals surface area (Å²) in [5, 5.41) is 12.1. The monoisotopic (exact) mass is 334 g/mol. The molecule has 7 nitrogen and oxygen atoms in total. The summed E-state index contributed by atoms with van der Waals surface area (Å²) < 4.78 is 16.1. The Kier molecular flexibility index (Phi) is 6.01. The number of anilines is 1. The van der Waals surface area contributed by atoms with Gasteiger partial charge in [0.25, 0.3) is 5.91 Å². The molecule has 130 valence electrons. The Labute approximate surface area is 142 Å². The Morgan fingerprint density at radius 3 is 2.42 bits per heavy atom. The Morgan fingerprint density at radius 2 is 1.88 bits per heavy atom. The summed E-state index contributed by atoms with van der Waals surface area (Å²) in [6, 6.07) is 5.23. The first-order valence-electron chi connectivity index (χ1n) is 7.91. The first-order valence-corrected chi connectivity index (χ1v) is 7.91. The van der Waals surface area contributed by atoms with E-state index in [0.29, 0.717) is 29.3 Å². The van der Waals surface area contributed by atoms with Crippen LogP contribution in [0.15, 0.2) is 12.1 Å². The fourth-order valence-corrected chi connectivity index (χ4v) is 3.03. The van der Waals surface area contributed by atoms with Gasteiger partial charge in [-0.05, 0) is 13.8 Å². The maximum atomic E-state index is 12.4. The van der Waals surface area contributed by atoms with Crippen LogP contribution >= 0.6 is 0 Å². The van der Waals surface area contributed by atoms with E-state index in [-0.39, 0.29) is 18.1 Å². The molecule has 0 aromatic heterocycles. The number of carbonyl (C=O) groups is 1. The van der Waals surface area contributed by atoms with Gasteiger partial charge in [-0.1, -0.05) is 0 Å². The summed E-state index contributed by atoms with van der Waals surface area (Å²) in [6.07, 6.45) is 0.264. The third kappa shape index (κ3) is 4.37. The van der Waals surface area contributed by atoms with E-state index >= 15 is 0 Å². The SMILES string of the molecule is COc1cc(C#N)c(NC(=O)C[NH+]2C[C@@H](C)O[C@@H](C)C2)cc1OC.